The number of hydrogen-bond donors (Lipinski definition) is 0. The van der Waals surface area contributed by atoms with E-state index >= 15 is 0 Å². The van der Waals surface area contributed by atoms with Crippen LogP contribution in [0.2, 0.25) is 0 Å². The van der Waals surface area contributed by atoms with Gasteiger partial charge in [0.1, 0.15) is 0 Å². The molecular weight excluding hydrogens is 127 g/mol. The van der Waals surface area contributed by atoms with Crippen molar-refractivity contribution in [2.75, 3.05) is 0 Å². The van der Waals surface area contributed by atoms with Crippen LogP contribution in [0.15, 0.2) is 0 Å². The zero-order valence-corrected chi connectivity index (χ0v) is 5.29. The van der Waals surface area contributed by atoms with Gasteiger partial charge in [-0.1, -0.05) is 0 Å². The van der Waals surface area contributed by atoms with Crippen molar-refractivity contribution in [1.82, 2.24) is 0 Å². The first-order valence-electron chi connectivity index (χ1n) is 0. The molecule has 0 spiro atoms. The standard InChI is InChI=1S/Ca.Mn.2O/q2*+2;2*-2. The van der Waals surface area contributed by atoms with E-state index in [0.717, 1.165) is 0 Å². The van der Waals surface area contributed by atoms with Gasteiger partial charge < -0.3 is 11.0 Å². The van der Waals surface area contributed by atoms with Crippen LogP contribution < -0.4 is 0 Å². The molecule has 0 aliphatic heterocycles. The van der Waals surface area contributed by atoms with Gasteiger partial charge in [0.2, 0.25) is 0 Å². The average Bonchev–Trinajstić information content (AvgIpc) is 0. The molecular formula is CaMnO2. The van der Waals surface area contributed by atoms with Crippen LogP contribution in [0, 0.1) is 0 Å². The molecule has 0 fully saturated rings. The van der Waals surface area contributed by atoms with Crippen LogP contribution >= 0.6 is 0 Å². The average molecular weight is 127 g/mol. The van der Waals surface area contributed by atoms with Crippen molar-refractivity contribution in [1.29, 1.82) is 0 Å². The predicted molar refractivity (Wildman–Crippen MR) is 7.13 cm³/mol. The quantitative estimate of drug-likeness (QED) is 0.389. The summed E-state index contributed by atoms with van der Waals surface area (Å²) < 4.78 is 0. The van der Waals surface area contributed by atoms with E-state index in [1.165, 1.54) is 0 Å². The molecule has 0 aromatic carbocycles. The normalized spacial score (nSPS) is 0. The Morgan fingerprint density at radius 1 is 0.750 bits per heavy atom. The van der Waals surface area contributed by atoms with E-state index < -0.39 is 0 Å². The van der Waals surface area contributed by atoms with Crippen molar-refractivity contribution in [3.05, 3.63) is 0 Å². The molecule has 21 valence electrons. The van der Waals surface area contributed by atoms with Gasteiger partial charge in [0.15, 0.2) is 0 Å². The Labute approximate surface area is 65.0 Å². The molecule has 0 bridgehead atoms. The number of hydrogen-bond acceptors (Lipinski definition) is 0. The van der Waals surface area contributed by atoms with Gasteiger partial charge in [-0.2, -0.15) is 0 Å². The summed E-state index contributed by atoms with van der Waals surface area (Å²) in [5, 5.41) is 0. The zero-order valence-electron chi connectivity index (χ0n) is 1.90. The molecule has 0 aliphatic carbocycles. The van der Waals surface area contributed by atoms with Gasteiger partial charge in [0, 0.05) is 0 Å². The fourth-order valence-electron chi connectivity index (χ4n) is 0. The molecule has 0 N–H and O–H groups in total. The van der Waals surface area contributed by atoms with Gasteiger partial charge in [-0.05, 0) is 0 Å². The van der Waals surface area contributed by atoms with Gasteiger partial charge in [-0.15, -0.1) is 0 Å². The topological polar surface area (TPSA) is 57.0 Å². The maximum atomic E-state index is 0. The molecule has 0 amide bonds. The Morgan fingerprint density at radius 3 is 0.750 bits per heavy atom. The smallest absolute Gasteiger partial charge is 2.00 e. The first-order valence-corrected chi connectivity index (χ1v) is 0. The van der Waals surface area contributed by atoms with Crippen LogP contribution in [0.1, 0.15) is 0 Å². The van der Waals surface area contributed by atoms with Crippen LogP contribution in [-0.4, -0.2) is 37.7 Å². The van der Waals surface area contributed by atoms with Gasteiger partial charge in [0.05, 0.1) is 0 Å². The number of rotatable bonds is 0. The molecule has 0 aromatic rings. The molecule has 0 heterocycles. The van der Waals surface area contributed by atoms with Crippen molar-refractivity contribution in [2.45, 2.75) is 0 Å². The van der Waals surface area contributed by atoms with Gasteiger partial charge in [0.25, 0.3) is 0 Å². The molecule has 0 rings (SSSR count). The van der Waals surface area contributed by atoms with E-state index in [4.69, 9.17) is 0 Å². The largest absolute Gasteiger partial charge is 2.00 e. The fourth-order valence-corrected chi connectivity index (χ4v) is 0. The second-order valence-corrected chi connectivity index (χ2v) is 0. The summed E-state index contributed by atoms with van der Waals surface area (Å²) in [5.74, 6) is 0. The van der Waals surface area contributed by atoms with Crippen LogP contribution in [0.4, 0.5) is 0 Å². The second kappa shape index (κ2) is 22.3. The summed E-state index contributed by atoms with van der Waals surface area (Å²) in [6.45, 7) is 0. The minimum Gasteiger partial charge on any atom is -2.00 e. The van der Waals surface area contributed by atoms with Crippen LogP contribution in [0.5, 0.6) is 0 Å². The minimum absolute atomic E-state index is 0. The summed E-state index contributed by atoms with van der Waals surface area (Å²) in [6, 6.07) is 0. The summed E-state index contributed by atoms with van der Waals surface area (Å²) in [6.07, 6.45) is 0. The summed E-state index contributed by atoms with van der Waals surface area (Å²) in [4.78, 5) is 0. The molecule has 0 aromatic heterocycles. The Kier molecular flexibility index (Phi) is 243. The fraction of sp³-hybridized carbons (Fsp3) is 0. The second-order valence-electron chi connectivity index (χ2n) is 0. The van der Waals surface area contributed by atoms with E-state index in [2.05, 4.69) is 0 Å². The maximum Gasteiger partial charge on any atom is 2.00 e. The molecule has 4 heavy (non-hydrogen) atoms. The Morgan fingerprint density at radius 2 is 0.750 bits per heavy atom. The van der Waals surface area contributed by atoms with Gasteiger partial charge in [-0.25, -0.2) is 0 Å². The third-order valence-corrected chi connectivity index (χ3v) is 0. The van der Waals surface area contributed by atoms with Crippen molar-refractivity contribution in [3.63, 3.8) is 0 Å². The Hall–Kier alpha value is 1.70. The van der Waals surface area contributed by atoms with Gasteiger partial charge >= 0.3 is 54.8 Å². The van der Waals surface area contributed by atoms with Crippen LogP contribution in [-0.2, 0) is 28.0 Å². The van der Waals surface area contributed by atoms with Crippen molar-refractivity contribution >= 4 is 37.7 Å². The first kappa shape index (κ1) is 43.6. The molecule has 0 saturated heterocycles. The minimum atomic E-state index is 0. The zero-order chi connectivity index (χ0) is 0. The van der Waals surface area contributed by atoms with Crippen molar-refractivity contribution in [2.24, 2.45) is 0 Å². The summed E-state index contributed by atoms with van der Waals surface area (Å²) in [5.41, 5.74) is 0. The monoisotopic (exact) mass is 127 g/mol. The first-order chi connectivity index (χ1) is 0. The van der Waals surface area contributed by atoms with Crippen molar-refractivity contribution < 1.29 is 28.0 Å². The Balaban J connectivity index is 0. The van der Waals surface area contributed by atoms with Crippen LogP contribution in [0.25, 0.3) is 0 Å². The molecule has 0 aliphatic rings. The third kappa shape index (κ3) is 9.33. The maximum absolute atomic E-state index is 0. The predicted octanol–water partition coefficient (Wildman–Crippen LogP) is -0.621. The van der Waals surface area contributed by atoms with Crippen LogP contribution in [0.3, 0.4) is 0 Å². The third-order valence-electron chi connectivity index (χ3n) is 0. The van der Waals surface area contributed by atoms with E-state index in [-0.39, 0.29) is 65.8 Å². The SMILES string of the molecule is [Ca+2].[Mn+2].[O-2].[O-2]. The molecule has 1 radical (unpaired) electrons. The summed E-state index contributed by atoms with van der Waals surface area (Å²) >= 11 is 0. The van der Waals surface area contributed by atoms with E-state index in [9.17, 15) is 0 Å². The molecule has 2 nitrogen and oxygen atoms in total. The molecule has 4 heteroatoms. The Bertz CT molecular complexity index is 6.00. The van der Waals surface area contributed by atoms with E-state index in [1.54, 1.807) is 0 Å². The molecule has 0 atom stereocenters. The molecule has 0 saturated carbocycles. The summed E-state index contributed by atoms with van der Waals surface area (Å²) in [7, 11) is 0. The van der Waals surface area contributed by atoms with E-state index in [1.807, 2.05) is 0 Å². The molecule has 0 unspecified atom stereocenters. The van der Waals surface area contributed by atoms with Crippen molar-refractivity contribution in [3.8, 4) is 0 Å². The van der Waals surface area contributed by atoms with E-state index in [0.29, 0.717) is 0 Å². The van der Waals surface area contributed by atoms with Gasteiger partial charge in [-0.3, -0.25) is 0 Å².